The largest absolute Gasteiger partial charge is 0.437 e. The standard InChI is InChI=1S/C26H30N4O4/c1-3-8-18(4-2)25(32)29-13-15-30(16-14-29)26(33)19-9-7-10-20(17-19)34-24-22-12-6-5-11-21(22)23(31)27-28-24/h5-7,9-12,17-18H,3-4,8,13-16H2,1-2H3,(H,27,31). The fraction of sp³-hybridized carbons (Fsp3) is 0.385. The lowest BCUT2D eigenvalue weighted by atomic mass is 9.98. The monoisotopic (exact) mass is 462 g/mol. The molecule has 3 aromatic rings. The first-order chi connectivity index (χ1) is 16.5. The van der Waals surface area contributed by atoms with E-state index < -0.39 is 0 Å². The molecule has 1 fully saturated rings. The summed E-state index contributed by atoms with van der Waals surface area (Å²) in [5.41, 5.74) is 0.216. The maximum Gasteiger partial charge on any atom is 0.272 e. The van der Waals surface area contributed by atoms with Crippen LogP contribution in [0.1, 0.15) is 43.5 Å². The number of amides is 2. The van der Waals surface area contributed by atoms with Crippen molar-refractivity contribution in [3.05, 3.63) is 64.4 Å². The Morgan fingerprint density at radius 3 is 2.41 bits per heavy atom. The molecule has 2 aromatic carbocycles. The Bertz CT molecular complexity index is 1230. The first-order valence-electron chi connectivity index (χ1n) is 11.8. The number of H-pyrrole nitrogens is 1. The molecule has 1 aromatic heterocycles. The van der Waals surface area contributed by atoms with Gasteiger partial charge in [0.15, 0.2) is 0 Å². The topological polar surface area (TPSA) is 95.6 Å². The molecule has 1 atom stereocenters. The maximum absolute atomic E-state index is 13.1. The summed E-state index contributed by atoms with van der Waals surface area (Å²) in [5.74, 6) is 0.891. The van der Waals surface area contributed by atoms with E-state index in [1.165, 1.54) is 0 Å². The average molecular weight is 463 g/mol. The summed E-state index contributed by atoms with van der Waals surface area (Å²) >= 11 is 0. The summed E-state index contributed by atoms with van der Waals surface area (Å²) in [6.07, 6.45) is 2.74. The van der Waals surface area contributed by atoms with Gasteiger partial charge in [-0.25, -0.2) is 5.10 Å². The van der Waals surface area contributed by atoms with Gasteiger partial charge in [-0.2, -0.15) is 0 Å². The maximum atomic E-state index is 13.1. The van der Waals surface area contributed by atoms with E-state index in [1.807, 2.05) is 11.0 Å². The molecular formula is C26H30N4O4. The van der Waals surface area contributed by atoms with E-state index in [4.69, 9.17) is 4.74 Å². The van der Waals surface area contributed by atoms with Gasteiger partial charge in [0.2, 0.25) is 11.8 Å². The number of aromatic amines is 1. The van der Waals surface area contributed by atoms with E-state index in [9.17, 15) is 14.4 Å². The molecule has 0 radical (unpaired) electrons. The third kappa shape index (κ3) is 4.95. The van der Waals surface area contributed by atoms with Crippen molar-refractivity contribution >= 4 is 22.6 Å². The van der Waals surface area contributed by atoms with Gasteiger partial charge in [0.05, 0.1) is 10.8 Å². The molecule has 0 spiro atoms. The number of piperazine rings is 1. The number of fused-ring (bicyclic) bond motifs is 1. The number of carbonyl (C=O) groups is 2. The lowest BCUT2D eigenvalue weighted by molar-refractivity contribution is -0.137. The zero-order valence-electron chi connectivity index (χ0n) is 19.6. The van der Waals surface area contributed by atoms with Crippen LogP contribution in [-0.2, 0) is 4.79 Å². The number of benzene rings is 2. The fourth-order valence-electron chi connectivity index (χ4n) is 4.39. The summed E-state index contributed by atoms with van der Waals surface area (Å²) in [6, 6.07) is 14.0. The van der Waals surface area contributed by atoms with Gasteiger partial charge in [0.25, 0.3) is 11.5 Å². The summed E-state index contributed by atoms with van der Waals surface area (Å²) in [6.45, 7) is 6.26. The Morgan fingerprint density at radius 1 is 1.00 bits per heavy atom. The third-order valence-corrected chi connectivity index (χ3v) is 6.31. The Kier molecular flexibility index (Phi) is 7.25. The van der Waals surface area contributed by atoms with Gasteiger partial charge < -0.3 is 14.5 Å². The van der Waals surface area contributed by atoms with Crippen LogP contribution in [0, 0.1) is 5.92 Å². The van der Waals surface area contributed by atoms with E-state index in [0.717, 1.165) is 19.3 Å². The van der Waals surface area contributed by atoms with Crippen LogP contribution >= 0.6 is 0 Å². The van der Waals surface area contributed by atoms with E-state index in [0.29, 0.717) is 48.3 Å². The molecule has 8 heteroatoms. The molecule has 4 rings (SSSR count). The summed E-state index contributed by atoms with van der Waals surface area (Å²) < 4.78 is 5.93. The third-order valence-electron chi connectivity index (χ3n) is 6.31. The summed E-state index contributed by atoms with van der Waals surface area (Å²) in [7, 11) is 0. The first-order valence-corrected chi connectivity index (χ1v) is 11.8. The lowest BCUT2D eigenvalue weighted by Gasteiger charge is -2.36. The van der Waals surface area contributed by atoms with E-state index >= 15 is 0 Å². The Balaban J connectivity index is 1.44. The highest BCUT2D eigenvalue weighted by Crippen LogP contribution is 2.26. The minimum atomic E-state index is -0.288. The molecule has 178 valence electrons. The number of rotatable bonds is 7. The van der Waals surface area contributed by atoms with Crippen molar-refractivity contribution in [3.63, 3.8) is 0 Å². The van der Waals surface area contributed by atoms with Gasteiger partial charge in [-0.15, -0.1) is 5.10 Å². The molecule has 1 unspecified atom stereocenters. The molecule has 0 bridgehead atoms. The van der Waals surface area contributed by atoms with Crippen molar-refractivity contribution in [2.24, 2.45) is 5.92 Å². The van der Waals surface area contributed by atoms with Crippen LogP contribution in [0.15, 0.2) is 53.3 Å². The van der Waals surface area contributed by atoms with Crippen LogP contribution in [0.3, 0.4) is 0 Å². The predicted octanol–water partition coefficient (Wildman–Crippen LogP) is 3.83. The summed E-state index contributed by atoms with van der Waals surface area (Å²) in [4.78, 5) is 41.6. The molecule has 0 aliphatic carbocycles. The normalized spacial score (nSPS) is 14.8. The predicted molar refractivity (Wildman–Crippen MR) is 130 cm³/mol. The first kappa shape index (κ1) is 23.5. The molecule has 1 aliphatic heterocycles. The second-order valence-corrected chi connectivity index (χ2v) is 8.54. The van der Waals surface area contributed by atoms with Crippen molar-refractivity contribution in [2.75, 3.05) is 26.2 Å². The Morgan fingerprint density at radius 2 is 1.71 bits per heavy atom. The molecule has 8 nitrogen and oxygen atoms in total. The molecule has 2 amide bonds. The van der Waals surface area contributed by atoms with E-state index in [-0.39, 0.29) is 29.2 Å². The van der Waals surface area contributed by atoms with Crippen molar-refractivity contribution in [1.82, 2.24) is 20.0 Å². The molecule has 1 aliphatic rings. The number of nitrogens with zero attached hydrogens (tertiary/aromatic N) is 3. The van der Waals surface area contributed by atoms with Crippen LogP contribution in [-0.4, -0.2) is 58.0 Å². The van der Waals surface area contributed by atoms with Crippen LogP contribution in [0.2, 0.25) is 0 Å². The lowest BCUT2D eigenvalue weighted by Crippen LogP contribution is -2.51. The second-order valence-electron chi connectivity index (χ2n) is 8.54. The Hall–Kier alpha value is -3.68. The van der Waals surface area contributed by atoms with Crippen molar-refractivity contribution in [3.8, 4) is 11.6 Å². The van der Waals surface area contributed by atoms with Crippen LogP contribution in [0.4, 0.5) is 0 Å². The van der Waals surface area contributed by atoms with Crippen molar-refractivity contribution in [1.29, 1.82) is 0 Å². The highest BCUT2D eigenvalue weighted by Gasteiger charge is 2.28. The number of carbonyl (C=O) groups excluding carboxylic acids is 2. The quantitative estimate of drug-likeness (QED) is 0.576. The molecule has 2 heterocycles. The molecule has 0 saturated carbocycles. The van der Waals surface area contributed by atoms with E-state index in [1.54, 1.807) is 47.4 Å². The zero-order chi connectivity index (χ0) is 24.1. The van der Waals surface area contributed by atoms with Gasteiger partial charge >= 0.3 is 0 Å². The van der Waals surface area contributed by atoms with Crippen LogP contribution in [0.25, 0.3) is 10.8 Å². The SMILES string of the molecule is CCCC(CC)C(=O)N1CCN(C(=O)c2cccc(Oc3n[nH]c(=O)c4ccccc34)c2)CC1. The van der Waals surface area contributed by atoms with Crippen LogP contribution < -0.4 is 10.3 Å². The second kappa shape index (κ2) is 10.5. The number of ether oxygens (including phenoxy) is 1. The minimum Gasteiger partial charge on any atom is -0.437 e. The number of hydrogen-bond acceptors (Lipinski definition) is 5. The smallest absolute Gasteiger partial charge is 0.272 e. The van der Waals surface area contributed by atoms with Crippen molar-refractivity contribution < 1.29 is 14.3 Å². The zero-order valence-corrected chi connectivity index (χ0v) is 19.6. The average Bonchev–Trinajstić information content (AvgIpc) is 2.88. The molecule has 1 saturated heterocycles. The van der Waals surface area contributed by atoms with Crippen molar-refractivity contribution in [2.45, 2.75) is 33.1 Å². The molecule has 34 heavy (non-hydrogen) atoms. The molecular weight excluding hydrogens is 432 g/mol. The van der Waals surface area contributed by atoms with Gasteiger partial charge in [-0.3, -0.25) is 14.4 Å². The highest BCUT2D eigenvalue weighted by atomic mass is 16.5. The fourth-order valence-corrected chi connectivity index (χ4v) is 4.39. The minimum absolute atomic E-state index is 0.0682. The summed E-state index contributed by atoms with van der Waals surface area (Å²) in [5, 5.41) is 7.56. The Labute approximate surface area is 198 Å². The molecule has 1 N–H and O–H groups in total. The number of aromatic nitrogens is 2. The number of nitrogens with one attached hydrogen (secondary N) is 1. The van der Waals surface area contributed by atoms with Gasteiger partial charge in [-0.05, 0) is 43.2 Å². The van der Waals surface area contributed by atoms with E-state index in [2.05, 4.69) is 24.0 Å². The van der Waals surface area contributed by atoms with Gasteiger partial charge in [-0.1, -0.05) is 38.5 Å². The van der Waals surface area contributed by atoms with Gasteiger partial charge in [0, 0.05) is 37.7 Å². The highest BCUT2D eigenvalue weighted by molar-refractivity contribution is 5.95. The van der Waals surface area contributed by atoms with Gasteiger partial charge in [0.1, 0.15) is 5.75 Å². The van der Waals surface area contributed by atoms with Crippen LogP contribution in [0.5, 0.6) is 11.6 Å². The number of hydrogen-bond donors (Lipinski definition) is 1.